The number of fused-ring (bicyclic) bond motifs is 1. The minimum Gasteiger partial charge on any atom is -0.326 e. The molecule has 0 bridgehead atoms. The number of amides is 1. The van der Waals surface area contributed by atoms with Gasteiger partial charge in [-0.2, -0.15) is 0 Å². The number of carbonyl (C=O) groups excluding carboxylic acids is 1. The molecule has 26 heavy (non-hydrogen) atoms. The van der Waals surface area contributed by atoms with Crippen molar-refractivity contribution in [1.29, 1.82) is 0 Å². The second-order valence-electron chi connectivity index (χ2n) is 7.28. The molecule has 1 aromatic carbocycles. The standard InChI is InChI=1S/C20H24N4O.ClH/c1-14-9-11-22-18(23-14)15-5-7-17(8-6-15)24-19(25)20-10-3-2-4-16(20)12-21-13-20;/h5-9,11,16,21H,2-4,10,12-13H2,1H3,(H,24,25);1H/t16-,20+;/m0./s1. The molecule has 2 fully saturated rings. The summed E-state index contributed by atoms with van der Waals surface area (Å²) >= 11 is 0. The van der Waals surface area contributed by atoms with Crippen molar-refractivity contribution in [3.05, 3.63) is 42.2 Å². The van der Waals surface area contributed by atoms with E-state index in [4.69, 9.17) is 0 Å². The molecule has 6 heteroatoms. The van der Waals surface area contributed by atoms with Crippen LogP contribution in [0.3, 0.4) is 0 Å². The van der Waals surface area contributed by atoms with E-state index in [-0.39, 0.29) is 23.7 Å². The Kier molecular flexibility index (Phi) is 5.58. The average molecular weight is 373 g/mol. The fourth-order valence-electron chi connectivity index (χ4n) is 4.24. The Morgan fingerprint density at radius 2 is 2.04 bits per heavy atom. The van der Waals surface area contributed by atoms with Gasteiger partial charge in [-0.1, -0.05) is 12.8 Å². The van der Waals surface area contributed by atoms with E-state index in [2.05, 4.69) is 20.6 Å². The number of hydrogen-bond acceptors (Lipinski definition) is 4. The summed E-state index contributed by atoms with van der Waals surface area (Å²) in [4.78, 5) is 21.7. The van der Waals surface area contributed by atoms with Gasteiger partial charge in [-0.25, -0.2) is 9.97 Å². The monoisotopic (exact) mass is 372 g/mol. The summed E-state index contributed by atoms with van der Waals surface area (Å²) in [5, 5.41) is 6.57. The number of carbonyl (C=O) groups is 1. The Labute approximate surface area is 160 Å². The highest BCUT2D eigenvalue weighted by molar-refractivity contribution is 5.96. The van der Waals surface area contributed by atoms with Gasteiger partial charge in [0.15, 0.2) is 5.82 Å². The quantitative estimate of drug-likeness (QED) is 0.864. The van der Waals surface area contributed by atoms with Crippen LogP contribution in [0.2, 0.25) is 0 Å². The SMILES string of the molecule is Cc1ccnc(-c2ccc(NC(=O)[C@@]34CCCC[C@H]3CNC4)cc2)n1.Cl. The molecule has 1 saturated heterocycles. The van der Waals surface area contributed by atoms with Crippen LogP contribution in [0.1, 0.15) is 31.4 Å². The van der Waals surface area contributed by atoms with E-state index in [1.807, 2.05) is 37.3 Å². The van der Waals surface area contributed by atoms with Crippen molar-refractivity contribution in [2.24, 2.45) is 11.3 Å². The Morgan fingerprint density at radius 1 is 1.23 bits per heavy atom. The highest BCUT2D eigenvalue weighted by atomic mass is 35.5. The molecular formula is C20H25ClN4O. The lowest BCUT2D eigenvalue weighted by molar-refractivity contribution is -0.128. The maximum atomic E-state index is 13.0. The van der Waals surface area contributed by atoms with Crippen LogP contribution in [0.5, 0.6) is 0 Å². The lowest BCUT2D eigenvalue weighted by atomic mass is 9.67. The zero-order valence-electron chi connectivity index (χ0n) is 15.0. The molecule has 1 aliphatic heterocycles. The van der Waals surface area contributed by atoms with Gasteiger partial charge in [-0.3, -0.25) is 4.79 Å². The van der Waals surface area contributed by atoms with Crippen LogP contribution < -0.4 is 10.6 Å². The molecule has 1 amide bonds. The third-order valence-electron chi connectivity index (χ3n) is 5.69. The first-order chi connectivity index (χ1) is 12.2. The number of nitrogens with one attached hydrogen (secondary N) is 2. The third-order valence-corrected chi connectivity index (χ3v) is 5.69. The van der Waals surface area contributed by atoms with Crippen molar-refractivity contribution in [2.45, 2.75) is 32.6 Å². The second kappa shape index (κ2) is 7.72. The first-order valence-corrected chi connectivity index (χ1v) is 9.10. The summed E-state index contributed by atoms with van der Waals surface area (Å²) in [6.45, 7) is 3.73. The van der Waals surface area contributed by atoms with Crippen LogP contribution >= 0.6 is 12.4 Å². The van der Waals surface area contributed by atoms with Crippen molar-refractivity contribution in [3.8, 4) is 11.4 Å². The molecule has 138 valence electrons. The van der Waals surface area contributed by atoms with E-state index in [9.17, 15) is 4.79 Å². The van der Waals surface area contributed by atoms with Crippen LogP contribution in [0.25, 0.3) is 11.4 Å². The van der Waals surface area contributed by atoms with Crippen LogP contribution in [-0.2, 0) is 4.79 Å². The lowest BCUT2D eigenvalue weighted by Crippen LogP contribution is -2.44. The zero-order chi connectivity index (χ0) is 17.3. The van der Waals surface area contributed by atoms with Crippen LogP contribution in [0, 0.1) is 18.3 Å². The predicted octanol–water partition coefficient (Wildman–Crippen LogP) is 3.59. The average Bonchev–Trinajstić information content (AvgIpc) is 3.08. The molecule has 4 rings (SSSR count). The maximum Gasteiger partial charge on any atom is 0.232 e. The van der Waals surface area contributed by atoms with Crippen molar-refractivity contribution in [1.82, 2.24) is 15.3 Å². The van der Waals surface area contributed by atoms with Gasteiger partial charge in [-0.15, -0.1) is 12.4 Å². The first kappa shape index (κ1) is 18.8. The van der Waals surface area contributed by atoms with Crippen molar-refractivity contribution >= 4 is 24.0 Å². The number of hydrogen-bond donors (Lipinski definition) is 2. The highest BCUT2D eigenvalue weighted by Gasteiger charge is 2.49. The predicted molar refractivity (Wildman–Crippen MR) is 105 cm³/mol. The zero-order valence-corrected chi connectivity index (χ0v) is 15.8. The molecular weight excluding hydrogens is 348 g/mol. The largest absolute Gasteiger partial charge is 0.326 e. The molecule has 1 aromatic heterocycles. The molecule has 1 aliphatic carbocycles. The maximum absolute atomic E-state index is 13.0. The van der Waals surface area contributed by atoms with Gasteiger partial charge in [-0.05, 0) is 62.6 Å². The number of aromatic nitrogens is 2. The van der Waals surface area contributed by atoms with Crippen LogP contribution in [0.4, 0.5) is 5.69 Å². The minimum atomic E-state index is -0.226. The van der Waals surface area contributed by atoms with E-state index in [1.165, 1.54) is 6.42 Å². The summed E-state index contributed by atoms with van der Waals surface area (Å²) in [5.74, 6) is 1.35. The van der Waals surface area contributed by atoms with Gasteiger partial charge in [0.1, 0.15) is 0 Å². The molecule has 1 saturated carbocycles. The van der Waals surface area contributed by atoms with Crippen LogP contribution in [-0.4, -0.2) is 29.0 Å². The van der Waals surface area contributed by atoms with E-state index in [1.54, 1.807) is 6.20 Å². The Hall–Kier alpha value is -1.98. The number of aryl methyl sites for hydroxylation is 1. The fourth-order valence-corrected chi connectivity index (χ4v) is 4.24. The highest BCUT2D eigenvalue weighted by Crippen LogP contribution is 2.44. The summed E-state index contributed by atoms with van der Waals surface area (Å²) in [7, 11) is 0. The lowest BCUT2D eigenvalue weighted by Gasteiger charge is -2.37. The first-order valence-electron chi connectivity index (χ1n) is 9.10. The van der Waals surface area contributed by atoms with E-state index < -0.39 is 0 Å². The molecule has 0 radical (unpaired) electrons. The van der Waals surface area contributed by atoms with E-state index in [0.717, 1.165) is 49.3 Å². The van der Waals surface area contributed by atoms with Gasteiger partial charge in [0.25, 0.3) is 0 Å². The topological polar surface area (TPSA) is 66.9 Å². The Bertz CT molecular complexity index is 780. The Balaban J connectivity index is 0.00000196. The van der Waals surface area contributed by atoms with Gasteiger partial charge in [0.05, 0.1) is 5.41 Å². The molecule has 0 unspecified atom stereocenters. The number of benzene rings is 1. The molecule has 2 atom stereocenters. The number of nitrogens with zero attached hydrogens (tertiary/aromatic N) is 2. The smallest absolute Gasteiger partial charge is 0.232 e. The van der Waals surface area contributed by atoms with E-state index >= 15 is 0 Å². The fraction of sp³-hybridized carbons (Fsp3) is 0.450. The number of halogens is 1. The molecule has 5 nitrogen and oxygen atoms in total. The number of rotatable bonds is 3. The van der Waals surface area contributed by atoms with Gasteiger partial charge in [0, 0.05) is 29.7 Å². The summed E-state index contributed by atoms with van der Waals surface area (Å²) in [6, 6.07) is 9.69. The third kappa shape index (κ3) is 3.46. The van der Waals surface area contributed by atoms with Gasteiger partial charge >= 0.3 is 0 Å². The number of anilines is 1. The summed E-state index contributed by atoms with van der Waals surface area (Å²) in [5.41, 5.74) is 2.51. The van der Waals surface area contributed by atoms with Crippen molar-refractivity contribution < 1.29 is 4.79 Å². The van der Waals surface area contributed by atoms with E-state index in [0.29, 0.717) is 11.7 Å². The van der Waals surface area contributed by atoms with Crippen LogP contribution in [0.15, 0.2) is 36.5 Å². The molecule has 2 heterocycles. The van der Waals surface area contributed by atoms with Crippen molar-refractivity contribution in [3.63, 3.8) is 0 Å². The summed E-state index contributed by atoms with van der Waals surface area (Å²) < 4.78 is 0. The molecule has 0 spiro atoms. The molecule has 2 aromatic rings. The Morgan fingerprint density at radius 3 is 2.81 bits per heavy atom. The minimum absolute atomic E-state index is 0. The van der Waals surface area contributed by atoms with Gasteiger partial charge < -0.3 is 10.6 Å². The van der Waals surface area contributed by atoms with Crippen molar-refractivity contribution in [2.75, 3.05) is 18.4 Å². The molecule has 2 aliphatic rings. The van der Waals surface area contributed by atoms with Gasteiger partial charge in [0.2, 0.25) is 5.91 Å². The molecule has 2 N–H and O–H groups in total. The normalized spacial score (nSPS) is 24.4. The summed E-state index contributed by atoms with van der Waals surface area (Å²) in [6.07, 6.45) is 6.31. The second-order valence-corrected chi connectivity index (χ2v) is 7.28.